The summed E-state index contributed by atoms with van der Waals surface area (Å²) in [7, 11) is 0. The third-order valence-electron chi connectivity index (χ3n) is 12.0. The number of fused-ring (bicyclic) bond motifs is 10. The molecule has 0 fully saturated rings. The van der Waals surface area contributed by atoms with Crippen LogP contribution in [0.3, 0.4) is 0 Å². The normalized spacial score (nSPS) is 15.7. The maximum Gasteiger partial charge on any atom is 0.131 e. The van der Waals surface area contributed by atoms with Crippen molar-refractivity contribution in [3.05, 3.63) is 180 Å². The molecule has 8 aromatic carbocycles. The van der Waals surface area contributed by atoms with E-state index in [1.54, 1.807) is 0 Å². The topological polar surface area (TPSA) is 15.7 Å². The summed E-state index contributed by atoms with van der Waals surface area (Å²) in [6.07, 6.45) is 0. The van der Waals surface area contributed by atoms with E-state index in [-0.39, 0.29) is 10.8 Å². The van der Waals surface area contributed by atoms with Gasteiger partial charge in [-0.05, 0) is 82.6 Å². The van der Waals surface area contributed by atoms with E-state index >= 15 is 0 Å². The quantitative estimate of drug-likeness (QED) is 0.177. The minimum Gasteiger partial charge on any atom is -0.457 e. The average Bonchev–Trinajstić information content (AvgIpc) is 3.20. The molecule has 0 spiro atoms. The molecule has 0 amide bonds. The van der Waals surface area contributed by atoms with Crippen molar-refractivity contribution >= 4 is 67.4 Å². The van der Waals surface area contributed by atoms with Crippen molar-refractivity contribution < 1.29 is 4.74 Å². The molecule has 0 aliphatic carbocycles. The summed E-state index contributed by atoms with van der Waals surface area (Å²) in [5.41, 5.74) is 11.6. The Morgan fingerprint density at radius 3 is 1.67 bits per heavy atom. The summed E-state index contributed by atoms with van der Waals surface area (Å²) in [5.74, 6) is 1.81. The summed E-state index contributed by atoms with van der Waals surface area (Å²) < 4.78 is 6.81. The van der Waals surface area contributed by atoms with Crippen LogP contribution in [0.5, 0.6) is 11.5 Å². The van der Waals surface area contributed by atoms with Crippen molar-refractivity contribution in [1.82, 2.24) is 0 Å². The van der Waals surface area contributed by atoms with E-state index in [4.69, 9.17) is 4.74 Å². The van der Waals surface area contributed by atoms with Gasteiger partial charge in [0.05, 0.1) is 22.7 Å². The molecule has 0 saturated heterocycles. The highest BCUT2D eigenvalue weighted by Crippen LogP contribution is 2.58. The Kier molecular flexibility index (Phi) is 6.58. The summed E-state index contributed by atoms with van der Waals surface area (Å²) in [4.78, 5) is 7.46. The lowest BCUT2D eigenvalue weighted by Gasteiger charge is -2.43. The molecule has 0 N–H and O–H groups in total. The first-order chi connectivity index (χ1) is 26.3. The number of anilines is 6. The Balaban J connectivity index is 1.08. The highest BCUT2D eigenvalue weighted by Gasteiger charge is 2.40. The molecule has 3 heterocycles. The average molecular weight is 715 g/mol. The predicted molar refractivity (Wildman–Crippen MR) is 226 cm³/mol. The minimum absolute atomic E-state index is 0.159. The fourth-order valence-corrected chi connectivity index (χ4v) is 10.3. The molecule has 8 aromatic rings. The number of rotatable bonds is 2. The molecule has 11 rings (SSSR count). The molecule has 0 saturated carbocycles. The zero-order valence-electron chi connectivity index (χ0n) is 30.7. The number of hydrogen-bond acceptors (Lipinski definition) is 4. The summed E-state index contributed by atoms with van der Waals surface area (Å²) in [6, 6.07) is 57.9. The lowest BCUT2D eigenvalue weighted by molar-refractivity contribution is 0.418. The Morgan fingerprint density at radius 2 is 0.963 bits per heavy atom. The van der Waals surface area contributed by atoms with Gasteiger partial charge in [-0.2, -0.15) is 0 Å². The fourth-order valence-electron chi connectivity index (χ4n) is 9.25. The van der Waals surface area contributed by atoms with E-state index < -0.39 is 0 Å². The van der Waals surface area contributed by atoms with E-state index in [1.165, 1.54) is 76.3 Å². The van der Waals surface area contributed by atoms with E-state index in [1.807, 2.05) is 11.8 Å². The molecular weight excluding hydrogens is 677 g/mol. The van der Waals surface area contributed by atoms with Crippen LogP contribution in [0.1, 0.15) is 49.9 Å². The third kappa shape index (κ3) is 4.38. The first kappa shape index (κ1) is 31.5. The van der Waals surface area contributed by atoms with Gasteiger partial charge in [-0.15, -0.1) is 0 Å². The number of para-hydroxylation sites is 2. The maximum absolute atomic E-state index is 6.81. The predicted octanol–water partition coefficient (Wildman–Crippen LogP) is 14.5. The second kappa shape index (κ2) is 11.3. The standard InChI is InChI=1S/C50H38N2OS/c1-49(2)37-17-9-10-18-41(37)51(47-35-15-7-5-13-31(35)21-25-38(47)49)33-23-26-43-39(29-33)50(3,4)40-30-34(24-27-44(40)53-43)52-42-19-11-12-20-45(42)54-46-28-22-32-14-6-8-16-36(32)48(46)52/h5-30H,1-4H3. The van der Waals surface area contributed by atoms with Crippen LogP contribution in [0, 0.1) is 0 Å². The van der Waals surface area contributed by atoms with Crippen LogP contribution in [0.2, 0.25) is 0 Å². The van der Waals surface area contributed by atoms with Crippen LogP contribution in [-0.2, 0) is 10.8 Å². The largest absolute Gasteiger partial charge is 0.457 e. The van der Waals surface area contributed by atoms with E-state index in [2.05, 4.69) is 195 Å². The van der Waals surface area contributed by atoms with Gasteiger partial charge < -0.3 is 14.5 Å². The van der Waals surface area contributed by atoms with Gasteiger partial charge in [-0.1, -0.05) is 137 Å². The molecule has 4 heteroatoms. The van der Waals surface area contributed by atoms with Crippen LogP contribution < -0.4 is 14.5 Å². The molecule has 0 bridgehead atoms. The lowest BCUT2D eigenvalue weighted by atomic mass is 9.72. The highest BCUT2D eigenvalue weighted by molar-refractivity contribution is 7.99. The van der Waals surface area contributed by atoms with Gasteiger partial charge >= 0.3 is 0 Å². The molecule has 0 aromatic heterocycles. The molecular formula is C50H38N2OS. The van der Waals surface area contributed by atoms with Gasteiger partial charge in [0.15, 0.2) is 0 Å². The van der Waals surface area contributed by atoms with Crippen molar-refractivity contribution in [3.63, 3.8) is 0 Å². The van der Waals surface area contributed by atoms with E-state index in [0.717, 1.165) is 22.9 Å². The second-order valence-corrected chi connectivity index (χ2v) is 16.9. The van der Waals surface area contributed by atoms with Crippen LogP contribution >= 0.6 is 11.8 Å². The summed E-state index contributed by atoms with van der Waals surface area (Å²) in [5, 5.41) is 4.99. The molecule has 3 aliphatic heterocycles. The fraction of sp³-hybridized carbons (Fsp3) is 0.120. The zero-order valence-corrected chi connectivity index (χ0v) is 31.5. The number of benzene rings is 8. The Labute approximate surface area is 320 Å². The maximum atomic E-state index is 6.81. The van der Waals surface area contributed by atoms with Gasteiger partial charge in [0.25, 0.3) is 0 Å². The Hall–Kier alpha value is -5.97. The first-order valence-electron chi connectivity index (χ1n) is 18.8. The lowest BCUT2D eigenvalue weighted by Crippen LogP contribution is -2.31. The Bertz CT molecular complexity index is 2870. The number of ether oxygens (including phenoxy) is 1. The van der Waals surface area contributed by atoms with Crippen LogP contribution in [0.15, 0.2) is 168 Å². The molecule has 0 atom stereocenters. The molecule has 260 valence electrons. The monoisotopic (exact) mass is 714 g/mol. The van der Waals surface area contributed by atoms with Gasteiger partial charge in [0, 0.05) is 53.9 Å². The van der Waals surface area contributed by atoms with Gasteiger partial charge in [-0.25, -0.2) is 0 Å². The van der Waals surface area contributed by atoms with Crippen LogP contribution in [0.25, 0.3) is 21.5 Å². The Morgan fingerprint density at radius 1 is 0.426 bits per heavy atom. The number of hydrogen-bond donors (Lipinski definition) is 0. The van der Waals surface area contributed by atoms with Crippen molar-refractivity contribution in [1.29, 1.82) is 0 Å². The summed E-state index contributed by atoms with van der Waals surface area (Å²) >= 11 is 1.85. The minimum atomic E-state index is -0.350. The van der Waals surface area contributed by atoms with Crippen molar-refractivity contribution in [2.75, 3.05) is 9.80 Å². The van der Waals surface area contributed by atoms with Crippen molar-refractivity contribution in [2.45, 2.75) is 48.3 Å². The number of nitrogens with zero attached hydrogens (tertiary/aromatic N) is 2. The van der Waals surface area contributed by atoms with Crippen LogP contribution in [0.4, 0.5) is 34.1 Å². The molecule has 0 radical (unpaired) electrons. The van der Waals surface area contributed by atoms with Gasteiger partial charge in [0.1, 0.15) is 11.5 Å². The third-order valence-corrected chi connectivity index (χ3v) is 13.2. The smallest absolute Gasteiger partial charge is 0.131 e. The van der Waals surface area contributed by atoms with Crippen molar-refractivity contribution in [3.8, 4) is 11.5 Å². The molecule has 3 nitrogen and oxygen atoms in total. The second-order valence-electron chi connectivity index (χ2n) is 15.8. The SMILES string of the molecule is CC1(C)c2cc(N3c4ccccc4Sc4ccc5ccccc5c43)ccc2Oc2ccc(N3c4ccccc4C(C)(C)c4ccc5ccccc5c43)cc21. The zero-order chi connectivity index (χ0) is 36.3. The summed E-state index contributed by atoms with van der Waals surface area (Å²) in [6.45, 7) is 9.41. The van der Waals surface area contributed by atoms with Crippen LogP contribution in [-0.4, -0.2) is 0 Å². The van der Waals surface area contributed by atoms with Gasteiger partial charge in [0.2, 0.25) is 0 Å². The molecule has 0 unspecified atom stereocenters. The molecule has 3 aliphatic rings. The van der Waals surface area contributed by atoms with E-state index in [0.29, 0.717) is 0 Å². The van der Waals surface area contributed by atoms with Gasteiger partial charge in [-0.3, -0.25) is 0 Å². The highest BCUT2D eigenvalue weighted by atomic mass is 32.2. The van der Waals surface area contributed by atoms with Crippen molar-refractivity contribution in [2.24, 2.45) is 0 Å². The molecule has 54 heavy (non-hydrogen) atoms. The first-order valence-corrected chi connectivity index (χ1v) is 19.6. The van der Waals surface area contributed by atoms with E-state index in [9.17, 15) is 0 Å².